The molecule has 2 unspecified atom stereocenters. The number of thioether (sulfide) groups is 1. The number of carbonyl (C=O) groups is 1. The van der Waals surface area contributed by atoms with Crippen LogP contribution in [-0.2, 0) is 4.79 Å². The van der Waals surface area contributed by atoms with E-state index in [2.05, 4.69) is 32.1 Å². The Labute approximate surface area is 98.8 Å². The maximum absolute atomic E-state index is 11.8. The van der Waals surface area contributed by atoms with E-state index in [1.807, 2.05) is 18.7 Å². The van der Waals surface area contributed by atoms with Gasteiger partial charge in [-0.1, -0.05) is 20.8 Å². The standard InChI is InChI=1S/C12H25NOS/c1-6-10(3)12(14)8-13(4)11(7-2)9-15-5/h10-11H,6-9H2,1-5H3. The molecule has 0 N–H and O–H groups in total. The van der Waals surface area contributed by atoms with Gasteiger partial charge in [0.25, 0.3) is 0 Å². The summed E-state index contributed by atoms with van der Waals surface area (Å²) in [6, 6.07) is 0.535. The lowest BCUT2D eigenvalue weighted by molar-refractivity contribution is -0.123. The molecule has 0 bridgehead atoms. The number of ketones is 1. The lowest BCUT2D eigenvalue weighted by Gasteiger charge is -2.26. The maximum Gasteiger partial charge on any atom is 0.149 e. The molecule has 90 valence electrons. The molecule has 3 heteroatoms. The molecule has 0 heterocycles. The van der Waals surface area contributed by atoms with Crippen molar-refractivity contribution < 1.29 is 4.79 Å². The smallest absolute Gasteiger partial charge is 0.149 e. The first-order chi connectivity index (χ1) is 7.06. The molecule has 15 heavy (non-hydrogen) atoms. The van der Waals surface area contributed by atoms with Crippen molar-refractivity contribution in [3.05, 3.63) is 0 Å². The largest absolute Gasteiger partial charge is 0.298 e. The molecular formula is C12H25NOS. The highest BCUT2D eigenvalue weighted by molar-refractivity contribution is 7.98. The van der Waals surface area contributed by atoms with Crippen LogP contribution in [0.3, 0.4) is 0 Å². The first-order valence-electron chi connectivity index (χ1n) is 5.78. The second-order valence-corrected chi connectivity index (χ2v) is 5.12. The zero-order valence-corrected chi connectivity index (χ0v) is 11.6. The van der Waals surface area contributed by atoms with Gasteiger partial charge in [-0.15, -0.1) is 0 Å². The average molecular weight is 231 g/mol. The minimum Gasteiger partial charge on any atom is -0.298 e. The Hall–Kier alpha value is -0.0200. The summed E-state index contributed by atoms with van der Waals surface area (Å²) in [7, 11) is 2.06. The van der Waals surface area contributed by atoms with E-state index in [0.29, 0.717) is 18.4 Å². The van der Waals surface area contributed by atoms with Gasteiger partial charge in [-0.05, 0) is 26.1 Å². The van der Waals surface area contributed by atoms with E-state index in [4.69, 9.17) is 0 Å². The van der Waals surface area contributed by atoms with Crippen molar-refractivity contribution in [3.63, 3.8) is 0 Å². The van der Waals surface area contributed by atoms with E-state index in [1.165, 1.54) is 0 Å². The molecular weight excluding hydrogens is 206 g/mol. The third kappa shape index (κ3) is 5.57. The van der Waals surface area contributed by atoms with E-state index in [9.17, 15) is 4.79 Å². The molecule has 0 spiro atoms. The average Bonchev–Trinajstić information content (AvgIpc) is 2.24. The maximum atomic E-state index is 11.8. The van der Waals surface area contributed by atoms with Crippen LogP contribution in [0, 0.1) is 5.92 Å². The molecule has 2 atom stereocenters. The lowest BCUT2D eigenvalue weighted by Crippen LogP contribution is -2.38. The van der Waals surface area contributed by atoms with Gasteiger partial charge >= 0.3 is 0 Å². The quantitative estimate of drug-likeness (QED) is 0.640. The van der Waals surface area contributed by atoms with E-state index in [1.54, 1.807) is 0 Å². The van der Waals surface area contributed by atoms with E-state index >= 15 is 0 Å². The van der Waals surface area contributed by atoms with E-state index in [0.717, 1.165) is 18.6 Å². The van der Waals surface area contributed by atoms with Gasteiger partial charge in [0.1, 0.15) is 5.78 Å². The second-order valence-electron chi connectivity index (χ2n) is 4.21. The topological polar surface area (TPSA) is 20.3 Å². The highest BCUT2D eigenvalue weighted by Crippen LogP contribution is 2.10. The van der Waals surface area contributed by atoms with Crippen LogP contribution < -0.4 is 0 Å². The Balaban J connectivity index is 4.08. The third-order valence-corrected chi connectivity index (χ3v) is 3.74. The van der Waals surface area contributed by atoms with Gasteiger partial charge in [-0.25, -0.2) is 0 Å². The molecule has 0 aromatic heterocycles. The van der Waals surface area contributed by atoms with Crippen LogP contribution >= 0.6 is 11.8 Å². The fraction of sp³-hybridized carbons (Fsp3) is 0.917. The van der Waals surface area contributed by atoms with Gasteiger partial charge in [0.2, 0.25) is 0 Å². The molecule has 0 aromatic carbocycles. The summed E-state index contributed by atoms with van der Waals surface area (Å²) in [5, 5.41) is 0. The minimum atomic E-state index is 0.208. The van der Waals surface area contributed by atoms with Gasteiger partial charge in [-0.2, -0.15) is 11.8 Å². The van der Waals surface area contributed by atoms with E-state index < -0.39 is 0 Å². The van der Waals surface area contributed by atoms with Crippen LogP contribution in [0.4, 0.5) is 0 Å². The molecule has 0 saturated heterocycles. The first kappa shape index (κ1) is 15.0. The molecule has 0 amide bonds. The van der Waals surface area contributed by atoms with Crippen molar-refractivity contribution >= 4 is 17.5 Å². The fourth-order valence-corrected chi connectivity index (χ4v) is 2.38. The molecule has 2 nitrogen and oxygen atoms in total. The predicted molar refractivity (Wildman–Crippen MR) is 69.6 cm³/mol. The van der Waals surface area contributed by atoms with Crippen molar-refractivity contribution in [1.29, 1.82) is 0 Å². The predicted octanol–water partition coefficient (Wildman–Crippen LogP) is 2.68. The Bertz CT molecular complexity index is 184. The molecule has 0 aliphatic carbocycles. The second kappa shape index (κ2) is 8.17. The summed E-state index contributed by atoms with van der Waals surface area (Å²) in [4.78, 5) is 14.0. The Morgan fingerprint density at radius 3 is 2.33 bits per heavy atom. The van der Waals surface area contributed by atoms with Gasteiger partial charge in [0.05, 0.1) is 6.54 Å². The summed E-state index contributed by atoms with van der Waals surface area (Å²) in [5.41, 5.74) is 0. The van der Waals surface area contributed by atoms with Crippen molar-refractivity contribution in [3.8, 4) is 0 Å². The third-order valence-electron chi connectivity index (χ3n) is 3.02. The van der Waals surface area contributed by atoms with Gasteiger partial charge in [0, 0.05) is 17.7 Å². The number of likely N-dealkylation sites (N-methyl/N-ethyl adjacent to an activating group) is 1. The number of carbonyl (C=O) groups excluding carboxylic acids is 1. The molecule has 0 radical (unpaired) electrons. The zero-order chi connectivity index (χ0) is 11.8. The number of Topliss-reactive ketones (excluding diaryl/α,β-unsaturated/α-hetero) is 1. The van der Waals surface area contributed by atoms with Gasteiger partial charge in [0.15, 0.2) is 0 Å². The minimum absolute atomic E-state index is 0.208. The summed E-state index contributed by atoms with van der Waals surface area (Å²) in [5.74, 6) is 1.69. The number of hydrogen-bond acceptors (Lipinski definition) is 3. The van der Waals surface area contributed by atoms with Crippen LogP contribution in [0.15, 0.2) is 0 Å². The summed E-state index contributed by atoms with van der Waals surface area (Å²) < 4.78 is 0. The Morgan fingerprint density at radius 2 is 1.93 bits per heavy atom. The van der Waals surface area contributed by atoms with Crippen molar-refractivity contribution in [2.45, 2.75) is 39.7 Å². The molecule has 0 fully saturated rings. The van der Waals surface area contributed by atoms with Gasteiger partial charge < -0.3 is 0 Å². The van der Waals surface area contributed by atoms with Crippen LogP contribution in [-0.4, -0.2) is 42.3 Å². The first-order valence-corrected chi connectivity index (χ1v) is 7.18. The van der Waals surface area contributed by atoms with Crippen molar-refractivity contribution in [2.24, 2.45) is 5.92 Å². The van der Waals surface area contributed by atoms with Crippen LogP contribution in [0.25, 0.3) is 0 Å². The summed E-state index contributed by atoms with van der Waals surface area (Å²) >= 11 is 1.85. The van der Waals surface area contributed by atoms with Crippen molar-refractivity contribution in [1.82, 2.24) is 4.90 Å². The highest BCUT2D eigenvalue weighted by atomic mass is 32.2. The fourth-order valence-electron chi connectivity index (χ4n) is 1.51. The Morgan fingerprint density at radius 1 is 1.33 bits per heavy atom. The van der Waals surface area contributed by atoms with E-state index in [-0.39, 0.29) is 5.92 Å². The van der Waals surface area contributed by atoms with Crippen molar-refractivity contribution in [2.75, 3.05) is 25.6 Å². The normalized spacial score (nSPS) is 15.3. The van der Waals surface area contributed by atoms with Crippen LogP contribution in [0.2, 0.25) is 0 Å². The molecule has 0 aliphatic heterocycles. The monoisotopic (exact) mass is 231 g/mol. The number of nitrogens with zero attached hydrogens (tertiary/aromatic N) is 1. The lowest BCUT2D eigenvalue weighted by atomic mass is 10.0. The number of hydrogen-bond donors (Lipinski definition) is 0. The Kier molecular flexibility index (Phi) is 8.16. The molecule has 0 saturated carbocycles. The van der Waals surface area contributed by atoms with Crippen LogP contribution in [0.5, 0.6) is 0 Å². The molecule has 0 aliphatic rings. The van der Waals surface area contributed by atoms with Gasteiger partial charge in [-0.3, -0.25) is 9.69 Å². The number of rotatable bonds is 8. The molecule has 0 rings (SSSR count). The van der Waals surface area contributed by atoms with Crippen LogP contribution in [0.1, 0.15) is 33.6 Å². The SMILES string of the molecule is CCC(C)C(=O)CN(C)C(CC)CSC. The summed E-state index contributed by atoms with van der Waals surface area (Å²) in [6.45, 7) is 6.88. The summed E-state index contributed by atoms with van der Waals surface area (Å²) in [6.07, 6.45) is 4.18. The zero-order valence-electron chi connectivity index (χ0n) is 10.7. The molecule has 0 aromatic rings. The highest BCUT2D eigenvalue weighted by Gasteiger charge is 2.18.